The highest BCUT2D eigenvalue weighted by Gasteiger charge is 2.21. The van der Waals surface area contributed by atoms with Gasteiger partial charge in [-0.25, -0.2) is 0 Å². The standard InChI is InChI=1S/C21H26N2O2/c1-15-8-9-21-19(11-15)18-6-2-3-7-20(18)23(21)14-16(24)12-22-13-17-5-4-10-25-17/h4-5,8-11,16,22,24H,2-3,6-7,12-14H2,1H3. The first kappa shape index (κ1) is 16.4. The number of fused-ring (bicyclic) bond motifs is 3. The van der Waals surface area contributed by atoms with Gasteiger partial charge in [-0.3, -0.25) is 0 Å². The number of hydrogen-bond acceptors (Lipinski definition) is 3. The molecule has 0 amide bonds. The molecule has 2 aromatic heterocycles. The van der Waals surface area contributed by atoms with Gasteiger partial charge in [-0.1, -0.05) is 11.6 Å². The van der Waals surface area contributed by atoms with Crippen LogP contribution in [0.1, 0.15) is 35.4 Å². The van der Waals surface area contributed by atoms with E-state index < -0.39 is 6.10 Å². The zero-order chi connectivity index (χ0) is 17.2. The number of aliphatic hydroxyl groups is 1. The normalized spacial score (nSPS) is 15.4. The van der Waals surface area contributed by atoms with Crippen molar-refractivity contribution in [3.8, 4) is 0 Å². The Hall–Kier alpha value is -2.04. The van der Waals surface area contributed by atoms with E-state index in [0.717, 1.165) is 18.6 Å². The first-order valence-electron chi connectivity index (χ1n) is 9.24. The summed E-state index contributed by atoms with van der Waals surface area (Å²) in [5.41, 5.74) is 5.50. The van der Waals surface area contributed by atoms with Crippen molar-refractivity contribution in [3.63, 3.8) is 0 Å². The zero-order valence-corrected chi connectivity index (χ0v) is 14.8. The fraction of sp³-hybridized carbons (Fsp3) is 0.429. The topological polar surface area (TPSA) is 50.3 Å². The van der Waals surface area contributed by atoms with E-state index in [1.54, 1.807) is 6.26 Å². The van der Waals surface area contributed by atoms with Crippen LogP contribution in [0, 0.1) is 6.92 Å². The van der Waals surface area contributed by atoms with Gasteiger partial charge < -0.3 is 19.4 Å². The lowest BCUT2D eigenvalue weighted by Crippen LogP contribution is -2.30. The van der Waals surface area contributed by atoms with Crippen molar-refractivity contribution in [2.75, 3.05) is 6.54 Å². The van der Waals surface area contributed by atoms with Crippen molar-refractivity contribution >= 4 is 10.9 Å². The smallest absolute Gasteiger partial charge is 0.117 e. The maximum Gasteiger partial charge on any atom is 0.117 e. The molecule has 4 heteroatoms. The van der Waals surface area contributed by atoms with Gasteiger partial charge in [0.2, 0.25) is 0 Å². The van der Waals surface area contributed by atoms with E-state index >= 15 is 0 Å². The Morgan fingerprint density at radius 3 is 2.96 bits per heavy atom. The van der Waals surface area contributed by atoms with Crippen LogP contribution in [0.5, 0.6) is 0 Å². The molecule has 4 nitrogen and oxygen atoms in total. The molecule has 2 heterocycles. The van der Waals surface area contributed by atoms with Crippen LogP contribution in [0.25, 0.3) is 10.9 Å². The molecule has 2 N–H and O–H groups in total. The maximum atomic E-state index is 10.6. The van der Waals surface area contributed by atoms with Crippen molar-refractivity contribution in [2.24, 2.45) is 0 Å². The number of rotatable bonds is 6. The summed E-state index contributed by atoms with van der Waals surface area (Å²) in [5, 5.41) is 15.2. The molecule has 0 radical (unpaired) electrons. The lowest BCUT2D eigenvalue weighted by Gasteiger charge is -2.19. The molecule has 1 atom stereocenters. The van der Waals surface area contributed by atoms with E-state index in [2.05, 4.69) is 35.0 Å². The number of nitrogens with zero attached hydrogens (tertiary/aromatic N) is 1. The number of aliphatic hydroxyl groups excluding tert-OH is 1. The second kappa shape index (κ2) is 7.06. The Kier molecular flexibility index (Phi) is 4.64. The summed E-state index contributed by atoms with van der Waals surface area (Å²) in [7, 11) is 0. The number of nitrogens with one attached hydrogen (secondary N) is 1. The number of hydrogen-bond donors (Lipinski definition) is 2. The second-order valence-electron chi connectivity index (χ2n) is 7.13. The SMILES string of the molecule is Cc1ccc2c(c1)c1c(n2CC(O)CNCc2ccco2)CCCC1. The molecule has 0 bridgehead atoms. The van der Waals surface area contributed by atoms with Crippen LogP contribution in [-0.4, -0.2) is 22.3 Å². The Morgan fingerprint density at radius 2 is 2.12 bits per heavy atom. The predicted octanol–water partition coefficient (Wildman–Crippen LogP) is 3.57. The van der Waals surface area contributed by atoms with Crippen LogP contribution in [-0.2, 0) is 25.9 Å². The van der Waals surface area contributed by atoms with Crippen molar-refractivity contribution in [1.29, 1.82) is 0 Å². The van der Waals surface area contributed by atoms with E-state index in [1.165, 1.54) is 40.6 Å². The van der Waals surface area contributed by atoms with E-state index in [1.807, 2.05) is 12.1 Å². The monoisotopic (exact) mass is 338 g/mol. The highest BCUT2D eigenvalue weighted by molar-refractivity contribution is 5.86. The minimum Gasteiger partial charge on any atom is -0.468 e. The molecule has 1 aliphatic carbocycles. The molecule has 0 aliphatic heterocycles. The molecular formula is C21H26N2O2. The summed E-state index contributed by atoms with van der Waals surface area (Å²) in [6.45, 7) is 3.99. The van der Waals surface area contributed by atoms with Crippen molar-refractivity contribution in [2.45, 2.75) is 51.8 Å². The maximum absolute atomic E-state index is 10.6. The Morgan fingerprint density at radius 1 is 1.24 bits per heavy atom. The largest absolute Gasteiger partial charge is 0.468 e. The average molecular weight is 338 g/mol. The summed E-state index contributed by atoms with van der Waals surface area (Å²) in [5.74, 6) is 0.895. The summed E-state index contributed by atoms with van der Waals surface area (Å²) >= 11 is 0. The van der Waals surface area contributed by atoms with Crippen molar-refractivity contribution in [3.05, 3.63) is 59.2 Å². The van der Waals surface area contributed by atoms with Crippen LogP contribution in [0.2, 0.25) is 0 Å². The fourth-order valence-electron chi connectivity index (χ4n) is 4.01. The van der Waals surface area contributed by atoms with Gasteiger partial charge >= 0.3 is 0 Å². The molecule has 25 heavy (non-hydrogen) atoms. The molecule has 0 spiro atoms. The molecule has 1 unspecified atom stereocenters. The van der Waals surface area contributed by atoms with Crippen LogP contribution in [0.3, 0.4) is 0 Å². The van der Waals surface area contributed by atoms with Crippen LogP contribution >= 0.6 is 0 Å². The fourth-order valence-corrected chi connectivity index (χ4v) is 4.01. The third kappa shape index (κ3) is 3.37. The number of furan rings is 1. The zero-order valence-electron chi connectivity index (χ0n) is 14.8. The minimum atomic E-state index is -0.419. The summed E-state index contributed by atoms with van der Waals surface area (Å²) in [6, 6.07) is 10.5. The third-order valence-corrected chi connectivity index (χ3v) is 5.19. The lowest BCUT2D eigenvalue weighted by atomic mass is 9.95. The average Bonchev–Trinajstić information content (AvgIpc) is 3.22. The molecule has 0 saturated heterocycles. The quantitative estimate of drug-likeness (QED) is 0.722. The highest BCUT2D eigenvalue weighted by Crippen LogP contribution is 2.33. The van der Waals surface area contributed by atoms with Crippen LogP contribution in [0.15, 0.2) is 41.0 Å². The summed E-state index contributed by atoms with van der Waals surface area (Å²) < 4.78 is 7.66. The molecule has 0 saturated carbocycles. The molecular weight excluding hydrogens is 312 g/mol. The van der Waals surface area contributed by atoms with Gasteiger partial charge in [0.25, 0.3) is 0 Å². The van der Waals surface area contributed by atoms with E-state index in [0.29, 0.717) is 19.6 Å². The van der Waals surface area contributed by atoms with Gasteiger partial charge in [-0.05, 0) is 62.4 Å². The van der Waals surface area contributed by atoms with Gasteiger partial charge in [0.05, 0.1) is 25.5 Å². The van der Waals surface area contributed by atoms with E-state index in [9.17, 15) is 5.11 Å². The first-order valence-corrected chi connectivity index (χ1v) is 9.24. The molecule has 1 aromatic carbocycles. The number of benzene rings is 1. The lowest BCUT2D eigenvalue weighted by molar-refractivity contribution is 0.150. The number of aryl methyl sites for hydroxylation is 2. The van der Waals surface area contributed by atoms with Crippen LogP contribution in [0.4, 0.5) is 0 Å². The van der Waals surface area contributed by atoms with Gasteiger partial charge in [0, 0.05) is 23.1 Å². The first-order chi connectivity index (χ1) is 12.2. The Balaban J connectivity index is 1.52. The molecule has 4 rings (SSSR count). The van der Waals surface area contributed by atoms with Crippen LogP contribution < -0.4 is 5.32 Å². The minimum absolute atomic E-state index is 0.419. The predicted molar refractivity (Wildman–Crippen MR) is 99.7 cm³/mol. The van der Waals surface area contributed by atoms with Gasteiger partial charge in [-0.2, -0.15) is 0 Å². The molecule has 132 valence electrons. The Bertz CT molecular complexity index is 849. The second-order valence-corrected chi connectivity index (χ2v) is 7.13. The van der Waals surface area contributed by atoms with Gasteiger partial charge in [0.1, 0.15) is 5.76 Å². The van der Waals surface area contributed by atoms with Crippen molar-refractivity contribution in [1.82, 2.24) is 9.88 Å². The Labute approximate surface area is 148 Å². The highest BCUT2D eigenvalue weighted by atomic mass is 16.3. The summed E-state index contributed by atoms with van der Waals surface area (Å²) in [6.07, 6.45) is 6.05. The van der Waals surface area contributed by atoms with Gasteiger partial charge in [0.15, 0.2) is 0 Å². The molecule has 1 aliphatic rings. The van der Waals surface area contributed by atoms with E-state index in [4.69, 9.17) is 4.42 Å². The van der Waals surface area contributed by atoms with E-state index in [-0.39, 0.29) is 0 Å². The van der Waals surface area contributed by atoms with Crippen molar-refractivity contribution < 1.29 is 9.52 Å². The number of aromatic nitrogens is 1. The molecule has 3 aromatic rings. The summed E-state index contributed by atoms with van der Waals surface area (Å²) in [4.78, 5) is 0. The van der Waals surface area contributed by atoms with Gasteiger partial charge in [-0.15, -0.1) is 0 Å². The molecule has 0 fully saturated rings. The third-order valence-electron chi connectivity index (χ3n) is 5.19.